The summed E-state index contributed by atoms with van der Waals surface area (Å²) in [4.78, 5) is 18.5. The summed E-state index contributed by atoms with van der Waals surface area (Å²) in [6.45, 7) is 0.396. The summed E-state index contributed by atoms with van der Waals surface area (Å²) in [6.07, 6.45) is 5.20. The standard InChI is InChI=1S/C25H19ClN2O2S/c26-20-10-8-19(9-11-20)23-13-12-21(30-23)15-24(31-22-6-2-1-3-7-22)25(29)28-17-18-5-4-14-27-16-18/h1-16H,17H2,(H,28,29)/b24-15-. The van der Waals surface area contributed by atoms with E-state index in [1.54, 1.807) is 18.5 Å². The summed E-state index contributed by atoms with van der Waals surface area (Å²) >= 11 is 7.36. The second kappa shape index (κ2) is 10.2. The number of rotatable bonds is 7. The number of nitrogens with zero attached hydrogens (tertiary/aromatic N) is 1. The Morgan fingerprint density at radius 2 is 1.81 bits per heavy atom. The zero-order valence-electron chi connectivity index (χ0n) is 16.5. The molecule has 0 fully saturated rings. The molecular formula is C25H19ClN2O2S. The first kappa shape index (κ1) is 21.0. The number of furan rings is 1. The summed E-state index contributed by atoms with van der Waals surface area (Å²) < 4.78 is 5.97. The Morgan fingerprint density at radius 1 is 1.00 bits per heavy atom. The number of nitrogens with one attached hydrogen (secondary N) is 1. The molecule has 0 atom stereocenters. The SMILES string of the molecule is O=C(NCc1cccnc1)/C(=C/c1ccc(-c2ccc(Cl)cc2)o1)Sc1ccccc1. The van der Waals surface area contributed by atoms with Gasteiger partial charge in [0.1, 0.15) is 11.5 Å². The van der Waals surface area contributed by atoms with Crippen molar-refractivity contribution in [3.05, 3.63) is 113 Å². The molecule has 0 aliphatic heterocycles. The van der Waals surface area contributed by atoms with Crippen molar-refractivity contribution in [2.45, 2.75) is 11.4 Å². The Balaban J connectivity index is 1.56. The van der Waals surface area contributed by atoms with Gasteiger partial charge in [0.05, 0.1) is 4.91 Å². The first-order valence-corrected chi connectivity index (χ1v) is 10.8. The summed E-state index contributed by atoms with van der Waals surface area (Å²) in [7, 11) is 0. The second-order valence-corrected chi connectivity index (χ2v) is 8.23. The quantitative estimate of drug-likeness (QED) is 0.262. The minimum Gasteiger partial charge on any atom is -0.457 e. The Labute approximate surface area is 190 Å². The van der Waals surface area contributed by atoms with E-state index in [4.69, 9.17) is 16.0 Å². The Morgan fingerprint density at radius 3 is 2.55 bits per heavy atom. The fraction of sp³-hybridized carbons (Fsp3) is 0.0400. The van der Waals surface area contributed by atoms with E-state index in [9.17, 15) is 4.79 Å². The van der Waals surface area contributed by atoms with Gasteiger partial charge in [0.25, 0.3) is 5.91 Å². The third kappa shape index (κ3) is 5.87. The fourth-order valence-corrected chi connectivity index (χ4v) is 3.87. The number of benzene rings is 2. The molecule has 2 aromatic heterocycles. The lowest BCUT2D eigenvalue weighted by atomic mass is 10.2. The van der Waals surface area contributed by atoms with Crippen molar-refractivity contribution in [3.8, 4) is 11.3 Å². The van der Waals surface area contributed by atoms with Gasteiger partial charge >= 0.3 is 0 Å². The highest BCUT2D eigenvalue weighted by Crippen LogP contribution is 2.30. The minimum absolute atomic E-state index is 0.179. The maximum atomic E-state index is 13.0. The number of aromatic nitrogens is 1. The van der Waals surface area contributed by atoms with Crippen molar-refractivity contribution in [1.29, 1.82) is 0 Å². The van der Waals surface area contributed by atoms with Crippen LogP contribution in [0.1, 0.15) is 11.3 Å². The van der Waals surface area contributed by atoms with Crippen LogP contribution >= 0.6 is 23.4 Å². The van der Waals surface area contributed by atoms with Crippen molar-refractivity contribution < 1.29 is 9.21 Å². The average molecular weight is 447 g/mol. The largest absolute Gasteiger partial charge is 0.457 e. The van der Waals surface area contributed by atoms with Gasteiger partial charge in [-0.15, -0.1) is 0 Å². The van der Waals surface area contributed by atoms with Crippen LogP contribution in [0.25, 0.3) is 17.4 Å². The Bertz CT molecular complexity index is 1170. The van der Waals surface area contributed by atoms with Gasteiger partial charge in [-0.2, -0.15) is 0 Å². The van der Waals surface area contributed by atoms with Crippen molar-refractivity contribution in [3.63, 3.8) is 0 Å². The van der Waals surface area contributed by atoms with Crippen LogP contribution in [0.5, 0.6) is 0 Å². The zero-order chi connectivity index (χ0) is 21.5. The second-order valence-electron chi connectivity index (χ2n) is 6.68. The molecule has 0 saturated carbocycles. The van der Waals surface area contributed by atoms with E-state index in [1.807, 2.05) is 78.9 Å². The van der Waals surface area contributed by atoms with Gasteiger partial charge < -0.3 is 9.73 Å². The van der Waals surface area contributed by atoms with Crippen LogP contribution in [-0.2, 0) is 11.3 Å². The van der Waals surface area contributed by atoms with Gasteiger partial charge in [0.2, 0.25) is 0 Å². The smallest absolute Gasteiger partial charge is 0.258 e. The monoisotopic (exact) mass is 446 g/mol. The highest BCUT2D eigenvalue weighted by Gasteiger charge is 2.13. The molecule has 2 aromatic carbocycles. The lowest BCUT2D eigenvalue weighted by Crippen LogP contribution is -2.23. The van der Waals surface area contributed by atoms with E-state index in [-0.39, 0.29) is 5.91 Å². The highest BCUT2D eigenvalue weighted by atomic mass is 35.5. The maximum Gasteiger partial charge on any atom is 0.258 e. The van der Waals surface area contributed by atoms with Crippen LogP contribution in [0.3, 0.4) is 0 Å². The fourth-order valence-electron chi connectivity index (χ4n) is 2.86. The van der Waals surface area contributed by atoms with E-state index in [1.165, 1.54) is 11.8 Å². The molecule has 0 saturated heterocycles. The number of thioether (sulfide) groups is 1. The molecule has 0 aliphatic carbocycles. The van der Waals surface area contributed by atoms with Crippen molar-refractivity contribution >= 4 is 35.3 Å². The summed E-state index contributed by atoms with van der Waals surface area (Å²) in [6, 6.07) is 24.7. The predicted molar refractivity (Wildman–Crippen MR) is 126 cm³/mol. The van der Waals surface area contributed by atoms with E-state index in [0.717, 1.165) is 16.0 Å². The molecule has 4 nitrogen and oxygen atoms in total. The van der Waals surface area contributed by atoms with Gasteiger partial charge in [-0.3, -0.25) is 9.78 Å². The van der Waals surface area contributed by atoms with Gasteiger partial charge in [-0.25, -0.2) is 0 Å². The minimum atomic E-state index is -0.179. The summed E-state index contributed by atoms with van der Waals surface area (Å²) in [5.41, 5.74) is 1.85. The maximum absolute atomic E-state index is 13.0. The molecule has 154 valence electrons. The van der Waals surface area contributed by atoms with Gasteiger partial charge in [-0.1, -0.05) is 47.6 Å². The van der Waals surface area contributed by atoms with Crippen LogP contribution in [0.2, 0.25) is 5.02 Å². The van der Waals surface area contributed by atoms with Crippen LogP contribution in [-0.4, -0.2) is 10.9 Å². The topological polar surface area (TPSA) is 55.1 Å². The molecule has 31 heavy (non-hydrogen) atoms. The number of amides is 1. The van der Waals surface area contributed by atoms with Crippen molar-refractivity contribution in [1.82, 2.24) is 10.3 Å². The molecule has 6 heteroatoms. The third-order valence-electron chi connectivity index (χ3n) is 4.40. The molecule has 0 aliphatic rings. The number of carbonyl (C=O) groups is 1. The van der Waals surface area contributed by atoms with Crippen LogP contribution < -0.4 is 5.32 Å². The number of hydrogen-bond acceptors (Lipinski definition) is 4. The molecular weight excluding hydrogens is 428 g/mol. The van der Waals surface area contributed by atoms with Crippen molar-refractivity contribution in [2.75, 3.05) is 0 Å². The lowest BCUT2D eigenvalue weighted by Gasteiger charge is -2.09. The first-order chi connectivity index (χ1) is 15.2. The molecule has 4 aromatic rings. The van der Waals surface area contributed by atoms with E-state index >= 15 is 0 Å². The zero-order valence-corrected chi connectivity index (χ0v) is 18.1. The van der Waals surface area contributed by atoms with Gasteiger partial charge in [0, 0.05) is 40.5 Å². The normalized spacial score (nSPS) is 11.3. The average Bonchev–Trinajstić information content (AvgIpc) is 3.27. The molecule has 0 radical (unpaired) electrons. The summed E-state index contributed by atoms with van der Waals surface area (Å²) in [5, 5.41) is 3.63. The molecule has 4 rings (SSSR count). The van der Waals surface area contributed by atoms with Crippen molar-refractivity contribution in [2.24, 2.45) is 0 Å². The number of carbonyl (C=O) groups excluding carboxylic acids is 1. The van der Waals surface area contributed by atoms with Gasteiger partial charge in [0.15, 0.2) is 0 Å². The third-order valence-corrected chi connectivity index (χ3v) is 5.68. The predicted octanol–water partition coefficient (Wildman–Crippen LogP) is 6.44. The van der Waals surface area contributed by atoms with E-state index in [0.29, 0.717) is 28.0 Å². The van der Waals surface area contributed by atoms with Gasteiger partial charge in [-0.05, 0) is 60.2 Å². The Hall–Kier alpha value is -3.28. The molecule has 0 unspecified atom stereocenters. The number of hydrogen-bond donors (Lipinski definition) is 1. The number of halogens is 1. The molecule has 0 spiro atoms. The highest BCUT2D eigenvalue weighted by molar-refractivity contribution is 8.04. The summed E-state index contributed by atoms with van der Waals surface area (Å²) in [5.74, 6) is 1.13. The molecule has 0 bridgehead atoms. The lowest BCUT2D eigenvalue weighted by molar-refractivity contribution is -0.116. The van der Waals surface area contributed by atoms with Crippen LogP contribution in [0.15, 0.2) is 105 Å². The van der Waals surface area contributed by atoms with Crippen LogP contribution in [0.4, 0.5) is 0 Å². The number of pyridine rings is 1. The molecule has 2 heterocycles. The van der Waals surface area contributed by atoms with E-state index < -0.39 is 0 Å². The van der Waals surface area contributed by atoms with Crippen LogP contribution in [0, 0.1) is 0 Å². The molecule has 1 N–H and O–H groups in total. The Kier molecular flexibility index (Phi) is 6.87. The molecule has 1 amide bonds. The first-order valence-electron chi connectivity index (χ1n) is 9.65. The van der Waals surface area contributed by atoms with E-state index in [2.05, 4.69) is 10.3 Å².